The van der Waals surface area contributed by atoms with Crippen LogP contribution in [-0.4, -0.2) is 0 Å². The summed E-state index contributed by atoms with van der Waals surface area (Å²) in [7, 11) is 0. The van der Waals surface area contributed by atoms with Crippen LogP contribution in [0.3, 0.4) is 0 Å². The van der Waals surface area contributed by atoms with Gasteiger partial charge < -0.3 is 9.32 Å². The van der Waals surface area contributed by atoms with Crippen LogP contribution in [0.4, 0.5) is 17.1 Å². The summed E-state index contributed by atoms with van der Waals surface area (Å²) in [6.07, 6.45) is 0. The minimum atomic E-state index is 0.707. The van der Waals surface area contributed by atoms with Crippen LogP contribution in [-0.2, 0) is 0 Å². The van der Waals surface area contributed by atoms with Crippen molar-refractivity contribution in [2.45, 2.75) is 0 Å². The first-order valence-electron chi connectivity index (χ1n) is 14.6. The second-order valence-electron chi connectivity index (χ2n) is 11.1. The Balaban J connectivity index is 1.32. The van der Waals surface area contributed by atoms with Crippen LogP contribution in [0, 0.1) is 0 Å². The highest BCUT2D eigenvalue weighted by Gasteiger charge is 2.21. The van der Waals surface area contributed by atoms with E-state index in [1.807, 2.05) is 18.2 Å². The Morgan fingerprint density at radius 2 is 1.20 bits per heavy atom. The third kappa shape index (κ3) is 4.01. The van der Waals surface area contributed by atoms with E-state index in [2.05, 4.69) is 132 Å². The van der Waals surface area contributed by atoms with Crippen LogP contribution in [0.5, 0.6) is 0 Å². The van der Waals surface area contributed by atoms with E-state index in [0.29, 0.717) is 5.02 Å². The number of halogens is 1. The van der Waals surface area contributed by atoms with E-state index in [0.717, 1.165) is 43.7 Å². The van der Waals surface area contributed by atoms with E-state index < -0.39 is 0 Å². The molecule has 7 aromatic carbocycles. The summed E-state index contributed by atoms with van der Waals surface area (Å²) in [5.41, 5.74) is 7.20. The molecule has 0 saturated carbocycles. The Kier molecular flexibility index (Phi) is 5.77. The van der Waals surface area contributed by atoms with Crippen LogP contribution >= 0.6 is 22.9 Å². The number of benzene rings is 7. The highest BCUT2D eigenvalue weighted by Crippen LogP contribution is 2.48. The van der Waals surface area contributed by atoms with Crippen LogP contribution in [0.15, 0.2) is 150 Å². The molecule has 0 spiro atoms. The molecule has 9 rings (SSSR count). The summed E-state index contributed by atoms with van der Waals surface area (Å²) in [5.74, 6) is 0. The molecule has 208 valence electrons. The number of thiophene rings is 1. The molecule has 2 heterocycles. The number of nitrogens with zero attached hydrogens (tertiary/aromatic N) is 1. The van der Waals surface area contributed by atoms with E-state index >= 15 is 0 Å². The molecule has 2 aromatic heterocycles. The Bertz CT molecular complexity index is 2510. The summed E-state index contributed by atoms with van der Waals surface area (Å²) in [4.78, 5) is 2.32. The standard InChI is InChI=1S/C40H24ClNOS/c41-28-22-35(39-34-20-16-27-10-4-5-11-31(27)40(34)44-38(39)23-28)42(29-17-14-26(15-18-29)25-8-2-1-3-9-25)30-19-21-33-32-12-6-7-13-36(32)43-37(33)24-30/h1-24H. The molecule has 0 fully saturated rings. The van der Waals surface area contributed by atoms with Crippen molar-refractivity contribution in [1.82, 2.24) is 0 Å². The average molecular weight is 602 g/mol. The fourth-order valence-electron chi connectivity index (χ4n) is 6.47. The maximum atomic E-state index is 6.90. The lowest BCUT2D eigenvalue weighted by atomic mass is 10.0. The summed E-state index contributed by atoms with van der Waals surface area (Å²) in [6.45, 7) is 0. The highest BCUT2D eigenvalue weighted by molar-refractivity contribution is 7.26. The minimum Gasteiger partial charge on any atom is -0.456 e. The maximum Gasteiger partial charge on any atom is 0.137 e. The molecule has 0 aliphatic heterocycles. The number of para-hydroxylation sites is 1. The van der Waals surface area contributed by atoms with Crippen LogP contribution in [0.25, 0.3) is 64.0 Å². The van der Waals surface area contributed by atoms with Gasteiger partial charge in [-0.3, -0.25) is 0 Å². The molecule has 4 heteroatoms. The van der Waals surface area contributed by atoms with Gasteiger partial charge in [0.05, 0.1) is 5.69 Å². The molecule has 0 aliphatic carbocycles. The van der Waals surface area contributed by atoms with Crippen molar-refractivity contribution in [2.75, 3.05) is 4.90 Å². The van der Waals surface area contributed by atoms with E-state index in [9.17, 15) is 0 Å². The van der Waals surface area contributed by atoms with E-state index in [1.165, 1.54) is 37.4 Å². The molecule has 0 amide bonds. The zero-order valence-corrected chi connectivity index (χ0v) is 25.1. The van der Waals surface area contributed by atoms with Gasteiger partial charge in [0, 0.05) is 53.4 Å². The molecule has 0 atom stereocenters. The number of fused-ring (bicyclic) bond motifs is 8. The van der Waals surface area contributed by atoms with E-state index in [4.69, 9.17) is 16.0 Å². The number of anilines is 3. The topological polar surface area (TPSA) is 16.4 Å². The first kappa shape index (κ1) is 25.4. The summed E-state index contributed by atoms with van der Waals surface area (Å²) >= 11 is 8.71. The number of furan rings is 1. The highest BCUT2D eigenvalue weighted by atomic mass is 35.5. The van der Waals surface area contributed by atoms with Crippen molar-refractivity contribution in [1.29, 1.82) is 0 Å². The van der Waals surface area contributed by atoms with Crippen molar-refractivity contribution < 1.29 is 4.42 Å². The molecule has 0 bridgehead atoms. The molecule has 9 aromatic rings. The Morgan fingerprint density at radius 1 is 0.523 bits per heavy atom. The maximum absolute atomic E-state index is 6.90. The van der Waals surface area contributed by atoms with Crippen molar-refractivity contribution in [2.24, 2.45) is 0 Å². The van der Waals surface area contributed by atoms with Crippen molar-refractivity contribution in [3.8, 4) is 11.1 Å². The van der Waals surface area contributed by atoms with Gasteiger partial charge in [-0.15, -0.1) is 11.3 Å². The molecular formula is C40H24ClNOS. The molecule has 0 N–H and O–H groups in total. The van der Waals surface area contributed by atoms with Crippen molar-refractivity contribution in [3.63, 3.8) is 0 Å². The molecule has 44 heavy (non-hydrogen) atoms. The Hall–Kier alpha value is -5.09. The smallest absolute Gasteiger partial charge is 0.137 e. The van der Waals surface area contributed by atoms with Gasteiger partial charge >= 0.3 is 0 Å². The third-order valence-electron chi connectivity index (χ3n) is 8.50. The monoisotopic (exact) mass is 601 g/mol. The van der Waals surface area contributed by atoms with Gasteiger partial charge in [0.25, 0.3) is 0 Å². The van der Waals surface area contributed by atoms with Gasteiger partial charge in [0.2, 0.25) is 0 Å². The lowest BCUT2D eigenvalue weighted by molar-refractivity contribution is 0.669. The third-order valence-corrected chi connectivity index (χ3v) is 9.91. The Labute approximate surface area is 263 Å². The number of hydrogen-bond donors (Lipinski definition) is 0. The lowest BCUT2D eigenvalue weighted by Crippen LogP contribution is -2.10. The second-order valence-corrected chi connectivity index (χ2v) is 12.6. The van der Waals surface area contributed by atoms with Crippen LogP contribution in [0.1, 0.15) is 0 Å². The van der Waals surface area contributed by atoms with E-state index in [1.54, 1.807) is 11.3 Å². The predicted octanol–water partition coefficient (Wildman–Crippen LogP) is 12.9. The minimum absolute atomic E-state index is 0.707. The van der Waals surface area contributed by atoms with Gasteiger partial charge in [0.1, 0.15) is 11.2 Å². The van der Waals surface area contributed by atoms with Crippen molar-refractivity contribution >= 4 is 92.9 Å². The molecular weight excluding hydrogens is 578 g/mol. The van der Waals surface area contributed by atoms with Crippen LogP contribution in [0.2, 0.25) is 5.02 Å². The van der Waals surface area contributed by atoms with Crippen LogP contribution < -0.4 is 4.90 Å². The number of rotatable bonds is 4. The summed E-state index contributed by atoms with van der Waals surface area (Å²) in [6, 6.07) is 51.3. The van der Waals surface area contributed by atoms with E-state index in [-0.39, 0.29) is 0 Å². The Morgan fingerprint density at radius 3 is 2.07 bits per heavy atom. The zero-order chi connectivity index (χ0) is 29.2. The summed E-state index contributed by atoms with van der Waals surface area (Å²) in [5, 5.41) is 7.85. The molecule has 0 radical (unpaired) electrons. The van der Waals surface area contributed by atoms with Gasteiger partial charge in [-0.1, -0.05) is 109 Å². The molecule has 0 aliphatic rings. The van der Waals surface area contributed by atoms with Crippen molar-refractivity contribution in [3.05, 3.63) is 151 Å². The average Bonchev–Trinajstić information content (AvgIpc) is 3.63. The fourth-order valence-corrected chi connectivity index (χ4v) is 8.05. The first-order valence-corrected chi connectivity index (χ1v) is 15.8. The van der Waals surface area contributed by atoms with Gasteiger partial charge in [0.15, 0.2) is 0 Å². The molecule has 0 unspecified atom stereocenters. The summed E-state index contributed by atoms with van der Waals surface area (Å²) < 4.78 is 8.79. The first-order chi connectivity index (χ1) is 21.7. The zero-order valence-electron chi connectivity index (χ0n) is 23.5. The normalized spacial score (nSPS) is 11.8. The van der Waals surface area contributed by atoms with Gasteiger partial charge in [-0.2, -0.15) is 0 Å². The fraction of sp³-hybridized carbons (Fsp3) is 0. The largest absolute Gasteiger partial charge is 0.456 e. The predicted molar refractivity (Wildman–Crippen MR) is 189 cm³/mol. The lowest BCUT2D eigenvalue weighted by Gasteiger charge is -2.27. The second kappa shape index (κ2) is 9.99. The molecule has 0 saturated heterocycles. The number of hydrogen-bond acceptors (Lipinski definition) is 3. The van der Waals surface area contributed by atoms with Gasteiger partial charge in [-0.05, 0) is 64.4 Å². The molecule has 2 nitrogen and oxygen atoms in total. The quantitative estimate of drug-likeness (QED) is 0.199. The SMILES string of the molecule is Clc1cc(N(c2ccc(-c3ccccc3)cc2)c2ccc3c(c2)oc2ccccc23)c2c(c1)sc1c3ccccc3ccc12. The van der Waals surface area contributed by atoms with Gasteiger partial charge in [-0.25, -0.2) is 0 Å².